The highest BCUT2D eigenvalue weighted by Crippen LogP contribution is 2.14. The molecule has 2 heterocycles. The minimum atomic E-state index is 0.955. The Kier molecular flexibility index (Phi) is 2.28. The van der Waals surface area contributed by atoms with E-state index in [0.29, 0.717) is 0 Å². The number of hydrogen-bond acceptors (Lipinski definition) is 2. The molecule has 0 bridgehead atoms. The molecule has 0 aliphatic rings. The van der Waals surface area contributed by atoms with Gasteiger partial charge in [0.1, 0.15) is 0 Å². The zero-order chi connectivity index (χ0) is 8.23. The molecule has 0 atom stereocenters. The Morgan fingerprint density at radius 1 is 1.42 bits per heavy atom. The van der Waals surface area contributed by atoms with E-state index in [1.54, 1.807) is 23.9 Å². The summed E-state index contributed by atoms with van der Waals surface area (Å²) in [6, 6.07) is 6.17. The number of furan rings is 1. The Balaban J connectivity index is 1.91. The summed E-state index contributed by atoms with van der Waals surface area (Å²) in [5.41, 5.74) is 1.23. The van der Waals surface area contributed by atoms with Crippen LogP contribution in [0.15, 0.2) is 40.5 Å². The van der Waals surface area contributed by atoms with Crippen molar-refractivity contribution in [3.8, 4) is 0 Å². The van der Waals surface area contributed by atoms with Gasteiger partial charge in [0.2, 0.25) is 0 Å². The molecular weight excluding hydrogens is 168 g/mol. The van der Waals surface area contributed by atoms with Crippen molar-refractivity contribution in [3.63, 3.8) is 0 Å². The van der Waals surface area contributed by atoms with Crippen LogP contribution in [-0.2, 0) is 6.42 Å². The first kappa shape index (κ1) is 7.62. The summed E-state index contributed by atoms with van der Waals surface area (Å²) in [5.74, 6) is 0. The summed E-state index contributed by atoms with van der Waals surface area (Å²) >= 11 is 1.76. The number of rotatable bonds is 3. The molecule has 0 N–H and O–H groups in total. The molecule has 0 saturated carbocycles. The Labute approximate surface area is 75.7 Å². The lowest BCUT2D eigenvalue weighted by molar-refractivity contribution is 0.564. The van der Waals surface area contributed by atoms with E-state index in [9.17, 15) is 0 Å². The fourth-order valence-electron chi connectivity index (χ4n) is 1.03. The largest absolute Gasteiger partial charge is 0.472 e. The molecule has 1 radical (unpaired) electrons. The standard InChI is InChI=1S/C10H9OS/c1-2-10(12-7-1)4-3-9-5-6-11-8-9/h1-2,4-8H,3H2. The summed E-state index contributed by atoms with van der Waals surface area (Å²) in [6.45, 7) is 0. The van der Waals surface area contributed by atoms with E-state index < -0.39 is 0 Å². The molecule has 0 aromatic carbocycles. The van der Waals surface area contributed by atoms with E-state index >= 15 is 0 Å². The molecule has 0 fully saturated rings. The van der Waals surface area contributed by atoms with Gasteiger partial charge >= 0.3 is 0 Å². The lowest BCUT2D eigenvalue weighted by atomic mass is 10.2. The highest BCUT2D eigenvalue weighted by Gasteiger charge is 1.97. The van der Waals surface area contributed by atoms with E-state index in [4.69, 9.17) is 4.42 Å². The van der Waals surface area contributed by atoms with Crippen LogP contribution in [0.2, 0.25) is 0 Å². The van der Waals surface area contributed by atoms with Crippen LogP contribution in [0, 0.1) is 6.42 Å². The maximum Gasteiger partial charge on any atom is 0.0934 e. The molecule has 61 valence electrons. The van der Waals surface area contributed by atoms with E-state index in [-0.39, 0.29) is 0 Å². The average molecular weight is 177 g/mol. The third kappa shape index (κ3) is 1.77. The van der Waals surface area contributed by atoms with Crippen LogP contribution in [0.4, 0.5) is 0 Å². The van der Waals surface area contributed by atoms with Crippen molar-refractivity contribution >= 4 is 11.3 Å². The Hall–Kier alpha value is -1.02. The first-order valence-electron chi connectivity index (χ1n) is 3.83. The molecule has 0 saturated heterocycles. The van der Waals surface area contributed by atoms with Crippen LogP contribution in [0.1, 0.15) is 10.4 Å². The highest BCUT2D eigenvalue weighted by atomic mass is 32.1. The second kappa shape index (κ2) is 3.59. The van der Waals surface area contributed by atoms with Crippen LogP contribution >= 0.6 is 11.3 Å². The second-order valence-electron chi connectivity index (χ2n) is 2.56. The first-order valence-corrected chi connectivity index (χ1v) is 4.71. The summed E-state index contributed by atoms with van der Waals surface area (Å²) in [5, 5.41) is 2.08. The van der Waals surface area contributed by atoms with Gasteiger partial charge in [0, 0.05) is 11.3 Å². The highest BCUT2D eigenvalue weighted by molar-refractivity contribution is 7.10. The predicted molar refractivity (Wildman–Crippen MR) is 50.1 cm³/mol. The molecule has 0 aliphatic carbocycles. The molecule has 0 spiro atoms. The van der Waals surface area contributed by atoms with Crippen molar-refractivity contribution < 1.29 is 4.42 Å². The minimum Gasteiger partial charge on any atom is -0.472 e. The van der Waals surface area contributed by atoms with Crippen LogP contribution < -0.4 is 0 Å². The molecule has 1 nitrogen and oxygen atoms in total. The smallest absolute Gasteiger partial charge is 0.0934 e. The molecule has 12 heavy (non-hydrogen) atoms. The summed E-state index contributed by atoms with van der Waals surface area (Å²) in [6.07, 6.45) is 6.65. The van der Waals surface area contributed by atoms with Gasteiger partial charge in [-0.2, -0.15) is 0 Å². The third-order valence-corrected chi connectivity index (χ3v) is 2.53. The maximum absolute atomic E-state index is 4.97. The fourth-order valence-corrected chi connectivity index (χ4v) is 1.69. The van der Waals surface area contributed by atoms with Crippen LogP contribution in [0.3, 0.4) is 0 Å². The van der Waals surface area contributed by atoms with Gasteiger partial charge in [-0.15, -0.1) is 11.3 Å². The minimum absolute atomic E-state index is 0.955. The monoisotopic (exact) mass is 177 g/mol. The molecule has 2 aromatic heterocycles. The van der Waals surface area contributed by atoms with Gasteiger partial charge in [0.15, 0.2) is 0 Å². The van der Waals surface area contributed by atoms with Crippen LogP contribution in [0.5, 0.6) is 0 Å². The average Bonchev–Trinajstić information content (AvgIpc) is 2.74. The SMILES string of the molecule is [CH](Cc1ccoc1)c1cccs1. The van der Waals surface area contributed by atoms with Gasteiger partial charge in [-0.3, -0.25) is 0 Å². The lowest BCUT2D eigenvalue weighted by Crippen LogP contribution is -1.81. The van der Waals surface area contributed by atoms with Gasteiger partial charge in [0.05, 0.1) is 12.5 Å². The van der Waals surface area contributed by atoms with Crippen LogP contribution in [0.25, 0.3) is 0 Å². The molecule has 2 aromatic rings. The number of thiophene rings is 1. The van der Waals surface area contributed by atoms with E-state index in [2.05, 4.69) is 23.9 Å². The van der Waals surface area contributed by atoms with Gasteiger partial charge in [-0.25, -0.2) is 0 Å². The van der Waals surface area contributed by atoms with Crippen molar-refractivity contribution in [2.24, 2.45) is 0 Å². The van der Waals surface area contributed by atoms with Crippen molar-refractivity contribution in [1.82, 2.24) is 0 Å². The Morgan fingerprint density at radius 3 is 3.08 bits per heavy atom. The van der Waals surface area contributed by atoms with Crippen molar-refractivity contribution in [1.29, 1.82) is 0 Å². The summed E-state index contributed by atoms with van der Waals surface area (Å²) in [4.78, 5) is 1.32. The third-order valence-electron chi connectivity index (χ3n) is 1.66. The zero-order valence-corrected chi connectivity index (χ0v) is 7.38. The van der Waals surface area contributed by atoms with Crippen molar-refractivity contribution in [2.45, 2.75) is 6.42 Å². The number of hydrogen-bond donors (Lipinski definition) is 0. The molecule has 2 heteroatoms. The molecule has 0 aliphatic heterocycles. The summed E-state index contributed by atoms with van der Waals surface area (Å²) < 4.78 is 4.97. The topological polar surface area (TPSA) is 13.1 Å². The van der Waals surface area contributed by atoms with Gasteiger partial charge < -0.3 is 4.42 Å². The zero-order valence-electron chi connectivity index (χ0n) is 6.57. The van der Waals surface area contributed by atoms with E-state index in [1.165, 1.54) is 10.4 Å². The van der Waals surface area contributed by atoms with Gasteiger partial charge in [-0.05, 0) is 29.5 Å². The Bertz CT molecular complexity index is 273. The quantitative estimate of drug-likeness (QED) is 0.702. The van der Waals surface area contributed by atoms with Gasteiger partial charge in [0.25, 0.3) is 0 Å². The van der Waals surface area contributed by atoms with E-state index in [0.717, 1.165) is 6.42 Å². The second-order valence-corrected chi connectivity index (χ2v) is 3.53. The normalized spacial score (nSPS) is 10.3. The fraction of sp³-hybridized carbons (Fsp3) is 0.100. The van der Waals surface area contributed by atoms with Crippen molar-refractivity contribution in [2.75, 3.05) is 0 Å². The predicted octanol–water partition coefficient (Wildman–Crippen LogP) is 3.14. The summed E-state index contributed by atoms with van der Waals surface area (Å²) in [7, 11) is 0. The molecule has 0 unspecified atom stereocenters. The molecule has 0 amide bonds. The van der Waals surface area contributed by atoms with E-state index in [1.807, 2.05) is 6.07 Å². The van der Waals surface area contributed by atoms with Crippen LogP contribution in [-0.4, -0.2) is 0 Å². The van der Waals surface area contributed by atoms with Crippen molar-refractivity contribution in [3.05, 3.63) is 53.0 Å². The maximum atomic E-state index is 4.97. The Morgan fingerprint density at radius 2 is 2.42 bits per heavy atom. The molecular formula is C10H9OS. The van der Waals surface area contributed by atoms with Gasteiger partial charge in [-0.1, -0.05) is 6.07 Å². The molecule has 2 rings (SSSR count). The first-order chi connectivity index (χ1) is 5.95. The lowest BCUT2D eigenvalue weighted by Gasteiger charge is -1.92.